The quantitative estimate of drug-likeness (QED) is 0.830. The number of nitrogens with zero attached hydrogens (tertiary/aromatic N) is 1. The standard InChI is InChI=1S/C13H12N2O2S/c1-8-6-10(7-11(12(8)14)13(16)17)18-9-2-4-15-5-3-9/h2-7H,14H2,1H3,(H,16,17). The first-order valence-electron chi connectivity index (χ1n) is 5.29. The van der Waals surface area contributed by atoms with E-state index in [9.17, 15) is 4.79 Å². The van der Waals surface area contributed by atoms with Gasteiger partial charge in [-0.2, -0.15) is 0 Å². The summed E-state index contributed by atoms with van der Waals surface area (Å²) in [5.74, 6) is -1.01. The van der Waals surface area contributed by atoms with Crippen molar-refractivity contribution in [2.24, 2.45) is 0 Å². The smallest absolute Gasteiger partial charge is 0.337 e. The van der Waals surface area contributed by atoms with Gasteiger partial charge in [-0.25, -0.2) is 4.79 Å². The van der Waals surface area contributed by atoms with Gasteiger partial charge >= 0.3 is 5.97 Å². The molecule has 0 saturated heterocycles. The Bertz CT molecular complexity index is 585. The number of hydrogen-bond acceptors (Lipinski definition) is 4. The molecule has 0 aliphatic heterocycles. The SMILES string of the molecule is Cc1cc(Sc2ccncc2)cc(C(=O)O)c1N. The molecule has 0 atom stereocenters. The number of carboxylic acid groups (broad SMARTS) is 1. The van der Waals surface area contributed by atoms with E-state index in [0.29, 0.717) is 5.69 Å². The summed E-state index contributed by atoms with van der Waals surface area (Å²) in [6.07, 6.45) is 3.40. The predicted molar refractivity (Wildman–Crippen MR) is 70.9 cm³/mol. The molecule has 1 heterocycles. The number of aromatic nitrogens is 1. The van der Waals surface area contributed by atoms with E-state index in [-0.39, 0.29) is 5.56 Å². The lowest BCUT2D eigenvalue weighted by Crippen LogP contribution is -2.04. The zero-order valence-corrected chi connectivity index (χ0v) is 10.6. The molecule has 18 heavy (non-hydrogen) atoms. The van der Waals surface area contributed by atoms with Gasteiger partial charge in [0.25, 0.3) is 0 Å². The summed E-state index contributed by atoms with van der Waals surface area (Å²) in [5.41, 5.74) is 6.98. The van der Waals surface area contributed by atoms with Gasteiger partial charge in [0, 0.05) is 27.9 Å². The van der Waals surface area contributed by atoms with Gasteiger partial charge in [0.05, 0.1) is 5.56 Å². The maximum absolute atomic E-state index is 11.1. The van der Waals surface area contributed by atoms with Crippen molar-refractivity contribution >= 4 is 23.4 Å². The highest BCUT2D eigenvalue weighted by Crippen LogP contribution is 2.31. The number of carboxylic acids is 1. The van der Waals surface area contributed by atoms with Gasteiger partial charge in [0.2, 0.25) is 0 Å². The van der Waals surface area contributed by atoms with Crippen LogP contribution in [0, 0.1) is 6.92 Å². The lowest BCUT2D eigenvalue weighted by Gasteiger charge is -2.08. The zero-order valence-electron chi connectivity index (χ0n) is 9.75. The third-order valence-corrected chi connectivity index (χ3v) is 3.46. The summed E-state index contributed by atoms with van der Waals surface area (Å²) >= 11 is 1.48. The zero-order chi connectivity index (χ0) is 13.1. The largest absolute Gasteiger partial charge is 0.478 e. The summed E-state index contributed by atoms with van der Waals surface area (Å²) in [7, 11) is 0. The third kappa shape index (κ3) is 2.62. The molecule has 0 aliphatic carbocycles. The molecule has 0 amide bonds. The molecule has 1 aromatic carbocycles. The van der Waals surface area contributed by atoms with Crippen molar-refractivity contribution < 1.29 is 9.90 Å². The van der Waals surface area contributed by atoms with Gasteiger partial charge in [-0.05, 0) is 36.8 Å². The Morgan fingerprint density at radius 2 is 1.94 bits per heavy atom. The van der Waals surface area contributed by atoms with Crippen LogP contribution in [-0.4, -0.2) is 16.1 Å². The van der Waals surface area contributed by atoms with E-state index < -0.39 is 5.97 Å². The Balaban J connectivity index is 2.38. The van der Waals surface area contributed by atoms with E-state index in [1.807, 2.05) is 18.2 Å². The van der Waals surface area contributed by atoms with E-state index in [4.69, 9.17) is 10.8 Å². The van der Waals surface area contributed by atoms with Crippen LogP contribution in [-0.2, 0) is 0 Å². The fourth-order valence-electron chi connectivity index (χ4n) is 1.54. The van der Waals surface area contributed by atoms with E-state index in [1.54, 1.807) is 25.4 Å². The topological polar surface area (TPSA) is 76.2 Å². The Labute approximate surface area is 109 Å². The van der Waals surface area contributed by atoms with Gasteiger partial charge in [-0.3, -0.25) is 4.98 Å². The summed E-state index contributed by atoms with van der Waals surface area (Å²) < 4.78 is 0. The van der Waals surface area contributed by atoms with Crippen LogP contribution < -0.4 is 5.73 Å². The number of anilines is 1. The number of rotatable bonds is 3. The molecule has 2 aromatic rings. The van der Waals surface area contributed by atoms with E-state index >= 15 is 0 Å². The minimum Gasteiger partial charge on any atom is -0.478 e. The second-order valence-electron chi connectivity index (χ2n) is 3.79. The van der Waals surface area contributed by atoms with Gasteiger partial charge in [0.1, 0.15) is 0 Å². The molecule has 92 valence electrons. The molecule has 0 spiro atoms. The van der Waals surface area contributed by atoms with E-state index in [0.717, 1.165) is 15.4 Å². The van der Waals surface area contributed by atoms with Crippen LogP contribution in [0.4, 0.5) is 5.69 Å². The molecule has 0 unspecified atom stereocenters. The average Bonchev–Trinajstić information content (AvgIpc) is 2.34. The van der Waals surface area contributed by atoms with Crippen molar-refractivity contribution in [3.8, 4) is 0 Å². The van der Waals surface area contributed by atoms with Crippen molar-refractivity contribution in [2.75, 3.05) is 5.73 Å². The van der Waals surface area contributed by atoms with Crippen LogP contribution in [0.3, 0.4) is 0 Å². The molecule has 0 radical (unpaired) electrons. The summed E-state index contributed by atoms with van der Waals surface area (Å²) in [6.45, 7) is 1.80. The molecule has 0 aliphatic rings. The molecule has 1 aromatic heterocycles. The summed E-state index contributed by atoms with van der Waals surface area (Å²) in [4.78, 5) is 16.9. The summed E-state index contributed by atoms with van der Waals surface area (Å²) in [6, 6.07) is 7.22. The van der Waals surface area contributed by atoms with E-state index in [1.165, 1.54) is 11.8 Å². The fourth-order valence-corrected chi connectivity index (χ4v) is 2.49. The Kier molecular flexibility index (Phi) is 3.53. The molecular formula is C13H12N2O2S. The highest BCUT2D eigenvalue weighted by molar-refractivity contribution is 7.99. The number of hydrogen-bond donors (Lipinski definition) is 2. The minimum absolute atomic E-state index is 0.145. The molecule has 5 heteroatoms. The Morgan fingerprint density at radius 1 is 1.28 bits per heavy atom. The van der Waals surface area contributed by atoms with Crippen molar-refractivity contribution in [3.05, 3.63) is 47.8 Å². The fraction of sp³-hybridized carbons (Fsp3) is 0.0769. The Hall–Kier alpha value is -2.01. The summed E-state index contributed by atoms with van der Waals surface area (Å²) in [5, 5.41) is 9.08. The van der Waals surface area contributed by atoms with Crippen LogP contribution in [0.5, 0.6) is 0 Å². The monoisotopic (exact) mass is 260 g/mol. The second-order valence-corrected chi connectivity index (χ2v) is 4.94. The molecule has 4 nitrogen and oxygen atoms in total. The van der Waals surface area contributed by atoms with Crippen molar-refractivity contribution in [1.29, 1.82) is 0 Å². The Morgan fingerprint density at radius 3 is 2.56 bits per heavy atom. The predicted octanol–water partition coefficient (Wildman–Crippen LogP) is 2.82. The molecule has 3 N–H and O–H groups in total. The molecular weight excluding hydrogens is 248 g/mol. The van der Waals surface area contributed by atoms with Crippen LogP contribution in [0.1, 0.15) is 15.9 Å². The number of aryl methyl sites for hydroxylation is 1. The maximum atomic E-state index is 11.1. The van der Waals surface area contributed by atoms with Gasteiger partial charge in [0.15, 0.2) is 0 Å². The first-order chi connectivity index (χ1) is 8.58. The minimum atomic E-state index is -1.01. The first-order valence-corrected chi connectivity index (χ1v) is 6.11. The van der Waals surface area contributed by atoms with Crippen molar-refractivity contribution in [3.63, 3.8) is 0 Å². The molecule has 0 bridgehead atoms. The van der Waals surface area contributed by atoms with Gasteiger partial charge < -0.3 is 10.8 Å². The highest BCUT2D eigenvalue weighted by atomic mass is 32.2. The molecule has 0 fully saturated rings. The van der Waals surface area contributed by atoms with E-state index in [2.05, 4.69) is 4.98 Å². The van der Waals surface area contributed by atoms with Gasteiger partial charge in [-0.1, -0.05) is 11.8 Å². The lowest BCUT2D eigenvalue weighted by atomic mass is 10.1. The van der Waals surface area contributed by atoms with Crippen LogP contribution in [0.25, 0.3) is 0 Å². The number of pyridine rings is 1. The molecule has 0 saturated carbocycles. The van der Waals surface area contributed by atoms with Gasteiger partial charge in [-0.15, -0.1) is 0 Å². The highest BCUT2D eigenvalue weighted by Gasteiger charge is 2.12. The van der Waals surface area contributed by atoms with Crippen molar-refractivity contribution in [2.45, 2.75) is 16.7 Å². The maximum Gasteiger partial charge on any atom is 0.337 e. The normalized spacial score (nSPS) is 10.3. The average molecular weight is 260 g/mol. The number of nitrogen functional groups attached to an aromatic ring is 1. The third-order valence-electron chi connectivity index (χ3n) is 2.48. The number of nitrogens with two attached hydrogens (primary N) is 1. The lowest BCUT2D eigenvalue weighted by molar-refractivity contribution is 0.0697. The number of carbonyl (C=O) groups is 1. The molecule has 2 rings (SSSR count). The number of aromatic carboxylic acids is 1. The van der Waals surface area contributed by atoms with Crippen molar-refractivity contribution in [1.82, 2.24) is 4.98 Å². The van der Waals surface area contributed by atoms with Crippen LogP contribution in [0.2, 0.25) is 0 Å². The number of benzene rings is 1. The first kappa shape index (κ1) is 12.4. The van der Waals surface area contributed by atoms with Crippen LogP contribution >= 0.6 is 11.8 Å². The second kappa shape index (κ2) is 5.10. The van der Waals surface area contributed by atoms with Crippen LogP contribution in [0.15, 0.2) is 46.5 Å².